The molecule has 0 aliphatic carbocycles. The second-order valence-corrected chi connectivity index (χ2v) is 4.80. The van der Waals surface area contributed by atoms with Crippen LogP contribution in [0.5, 0.6) is 0 Å². The van der Waals surface area contributed by atoms with Crippen molar-refractivity contribution in [2.75, 3.05) is 13.1 Å². The first-order chi connectivity index (χ1) is 8.58. The summed E-state index contributed by atoms with van der Waals surface area (Å²) in [6.45, 7) is 2.74. The molecule has 5 heteroatoms. The highest BCUT2D eigenvalue weighted by molar-refractivity contribution is 5.79. The molecule has 2 atom stereocenters. The lowest BCUT2D eigenvalue weighted by Crippen LogP contribution is -2.30. The first-order valence-electron chi connectivity index (χ1n) is 6.11. The number of carbonyl (C=O) groups is 2. The number of furan rings is 1. The first-order valence-corrected chi connectivity index (χ1v) is 6.11. The fraction of sp³-hybridized carbons (Fsp3) is 0.538. The van der Waals surface area contributed by atoms with Crippen molar-refractivity contribution in [1.29, 1.82) is 0 Å². The summed E-state index contributed by atoms with van der Waals surface area (Å²) >= 11 is 0. The molecule has 1 aromatic heterocycles. The average molecular weight is 251 g/mol. The lowest BCUT2D eigenvalue weighted by molar-refractivity contribution is -0.142. The number of aryl methyl sites for hydroxylation is 1. The molecule has 98 valence electrons. The Balaban J connectivity index is 1.85. The Hall–Kier alpha value is -1.78. The van der Waals surface area contributed by atoms with Gasteiger partial charge >= 0.3 is 5.97 Å². The second-order valence-electron chi connectivity index (χ2n) is 4.80. The molecule has 0 saturated carbocycles. The van der Waals surface area contributed by atoms with Crippen LogP contribution in [-0.4, -0.2) is 35.0 Å². The number of aliphatic carboxylic acids is 1. The molecule has 0 aromatic carbocycles. The van der Waals surface area contributed by atoms with Crippen LogP contribution in [0.3, 0.4) is 0 Å². The number of carbonyl (C=O) groups excluding carboxylic acids is 1. The maximum atomic E-state index is 11.9. The Morgan fingerprint density at radius 3 is 2.83 bits per heavy atom. The molecular weight excluding hydrogens is 234 g/mol. The van der Waals surface area contributed by atoms with Crippen LogP contribution in [0, 0.1) is 11.8 Å². The molecule has 1 aromatic rings. The van der Waals surface area contributed by atoms with Crippen LogP contribution in [0.2, 0.25) is 0 Å². The zero-order valence-corrected chi connectivity index (χ0v) is 10.3. The monoisotopic (exact) mass is 251 g/mol. The van der Waals surface area contributed by atoms with E-state index in [0.29, 0.717) is 25.9 Å². The van der Waals surface area contributed by atoms with E-state index in [1.165, 1.54) is 0 Å². The van der Waals surface area contributed by atoms with Crippen molar-refractivity contribution in [1.82, 2.24) is 4.90 Å². The quantitative estimate of drug-likeness (QED) is 0.877. The fourth-order valence-electron chi connectivity index (χ4n) is 2.33. The minimum atomic E-state index is -0.816. The maximum absolute atomic E-state index is 11.9. The van der Waals surface area contributed by atoms with E-state index in [1.54, 1.807) is 17.2 Å². The van der Waals surface area contributed by atoms with Crippen LogP contribution < -0.4 is 0 Å². The zero-order chi connectivity index (χ0) is 13.1. The van der Waals surface area contributed by atoms with Crippen molar-refractivity contribution in [3.05, 3.63) is 24.2 Å². The van der Waals surface area contributed by atoms with Gasteiger partial charge in [0.15, 0.2) is 0 Å². The summed E-state index contributed by atoms with van der Waals surface area (Å²) < 4.78 is 5.16. The second kappa shape index (κ2) is 5.25. The minimum Gasteiger partial charge on any atom is -0.481 e. The molecule has 0 radical (unpaired) electrons. The van der Waals surface area contributed by atoms with Crippen molar-refractivity contribution in [3.8, 4) is 0 Å². The third-order valence-corrected chi connectivity index (χ3v) is 3.45. The van der Waals surface area contributed by atoms with Crippen LogP contribution in [0.1, 0.15) is 19.1 Å². The van der Waals surface area contributed by atoms with Crippen LogP contribution in [0.15, 0.2) is 22.8 Å². The molecule has 1 amide bonds. The lowest BCUT2D eigenvalue weighted by atomic mass is 9.99. The van der Waals surface area contributed by atoms with Crippen molar-refractivity contribution >= 4 is 11.9 Å². The van der Waals surface area contributed by atoms with E-state index >= 15 is 0 Å². The number of hydrogen-bond donors (Lipinski definition) is 1. The number of likely N-dealkylation sites (tertiary alicyclic amines) is 1. The van der Waals surface area contributed by atoms with Gasteiger partial charge in [-0.15, -0.1) is 0 Å². The fourth-order valence-corrected chi connectivity index (χ4v) is 2.33. The van der Waals surface area contributed by atoms with Gasteiger partial charge in [-0.05, 0) is 18.1 Å². The highest BCUT2D eigenvalue weighted by Crippen LogP contribution is 2.23. The molecule has 2 rings (SSSR count). The molecule has 1 aliphatic rings. The highest BCUT2D eigenvalue weighted by Gasteiger charge is 2.36. The van der Waals surface area contributed by atoms with Gasteiger partial charge in [0.1, 0.15) is 5.76 Å². The summed E-state index contributed by atoms with van der Waals surface area (Å²) in [5.74, 6) is -0.441. The standard InChI is InChI=1S/C13H17NO4/c1-9-7-14(8-11(9)13(16)17)12(15)5-4-10-3-2-6-18-10/h2-3,6,9,11H,4-5,7-8H2,1H3,(H,16,17). The Morgan fingerprint density at radius 1 is 1.50 bits per heavy atom. The number of amides is 1. The summed E-state index contributed by atoms with van der Waals surface area (Å²) in [6.07, 6.45) is 2.51. The third-order valence-electron chi connectivity index (χ3n) is 3.45. The van der Waals surface area contributed by atoms with Gasteiger partial charge in [0.05, 0.1) is 12.2 Å². The highest BCUT2D eigenvalue weighted by atomic mass is 16.4. The molecule has 2 heterocycles. The van der Waals surface area contributed by atoms with Gasteiger partial charge in [0.25, 0.3) is 0 Å². The Bertz CT molecular complexity index is 426. The summed E-state index contributed by atoms with van der Waals surface area (Å²) in [6, 6.07) is 3.62. The Labute approximate surface area is 105 Å². The van der Waals surface area contributed by atoms with E-state index in [9.17, 15) is 9.59 Å². The van der Waals surface area contributed by atoms with Gasteiger partial charge < -0.3 is 14.4 Å². The molecule has 1 N–H and O–H groups in total. The normalized spacial score (nSPS) is 23.3. The smallest absolute Gasteiger partial charge is 0.308 e. The topological polar surface area (TPSA) is 70.8 Å². The van der Waals surface area contributed by atoms with E-state index in [1.807, 2.05) is 13.0 Å². The molecule has 0 bridgehead atoms. The van der Waals surface area contributed by atoms with Crippen molar-refractivity contribution in [3.63, 3.8) is 0 Å². The molecule has 1 fully saturated rings. The van der Waals surface area contributed by atoms with Crippen LogP contribution in [0.25, 0.3) is 0 Å². The van der Waals surface area contributed by atoms with Gasteiger partial charge in [0.2, 0.25) is 5.91 Å². The largest absolute Gasteiger partial charge is 0.481 e. The zero-order valence-electron chi connectivity index (χ0n) is 10.3. The number of carboxylic acid groups (broad SMARTS) is 1. The van der Waals surface area contributed by atoms with E-state index in [0.717, 1.165) is 5.76 Å². The van der Waals surface area contributed by atoms with Gasteiger partial charge in [-0.2, -0.15) is 0 Å². The first kappa shape index (κ1) is 12.7. The number of nitrogens with zero attached hydrogens (tertiary/aromatic N) is 1. The van der Waals surface area contributed by atoms with Gasteiger partial charge in [0, 0.05) is 25.9 Å². The number of rotatable bonds is 4. The number of carboxylic acids is 1. The summed E-state index contributed by atoms with van der Waals surface area (Å²) in [5.41, 5.74) is 0. The molecule has 5 nitrogen and oxygen atoms in total. The molecule has 1 aliphatic heterocycles. The Morgan fingerprint density at radius 2 is 2.28 bits per heavy atom. The van der Waals surface area contributed by atoms with Gasteiger partial charge in [-0.25, -0.2) is 0 Å². The van der Waals surface area contributed by atoms with Crippen molar-refractivity contribution < 1.29 is 19.1 Å². The molecule has 2 unspecified atom stereocenters. The average Bonchev–Trinajstić information content (AvgIpc) is 2.94. The molecular formula is C13H17NO4. The van der Waals surface area contributed by atoms with E-state index in [-0.39, 0.29) is 11.8 Å². The third kappa shape index (κ3) is 2.72. The van der Waals surface area contributed by atoms with E-state index < -0.39 is 11.9 Å². The predicted molar refractivity (Wildman–Crippen MR) is 63.9 cm³/mol. The SMILES string of the molecule is CC1CN(C(=O)CCc2ccco2)CC1C(=O)O. The van der Waals surface area contributed by atoms with Crippen molar-refractivity contribution in [2.24, 2.45) is 11.8 Å². The minimum absolute atomic E-state index is 0.00185. The molecule has 0 spiro atoms. The van der Waals surface area contributed by atoms with Crippen LogP contribution >= 0.6 is 0 Å². The predicted octanol–water partition coefficient (Wildman–Crippen LogP) is 1.39. The van der Waals surface area contributed by atoms with Crippen molar-refractivity contribution in [2.45, 2.75) is 19.8 Å². The maximum Gasteiger partial charge on any atom is 0.308 e. The van der Waals surface area contributed by atoms with E-state index in [2.05, 4.69) is 0 Å². The lowest BCUT2D eigenvalue weighted by Gasteiger charge is -2.15. The summed E-state index contributed by atoms with van der Waals surface area (Å²) in [4.78, 5) is 24.6. The van der Waals surface area contributed by atoms with Crippen LogP contribution in [0.4, 0.5) is 0 Å². The van der Waals surface area contributed by atoms with Crippen LogP contribution in [-0.2, 0) is 16.0 Å². The van der Waals surface area contributed by atoms with Gasteiger partial charge in [-0.1, -0.05) is 6.92 Å². The van der Waals surface area contributed by atoms with Gasteiger partial charge in [-0.3, -0.25) is 9.59 Å². The molecule has 18 heavy (non-hydrogen) atoms. The summed E-state index contributed by atoms with van der Waals surface area (Å²) in [5, 5.41) is 9.01. The number of hydrogen-bond acceptors (Lipinski definition) is 3. The molecule has 1 saturated heterocycles. The van der Waals surface area contributed by atoms with E-state index in [4.69, 9.17) is 9.52 Å². The Kier molecular flexibility index (Phi) is 3.69. The summed E-state index contributed by atoms with van der Waals surface area (Å²) in [7, 11) is 0.